The van der Waals surface area contributed by atoms with Gasteiger partial charge in [-0.2, -0.15) is 0 Å². The van der Waals surface area contributed by atoms with Gasteiger partial charge in [0.25, 0.3) is 5.91 Å². The van der Waals surface area contributed by atoms with E-state index in [0.717, 1.165) is 23.7 Å². The van der Waals surface area contributed by atoms with Gasteiger partial charge in [0, 0.05) is 26.2 Å². The number of carbonyl (C=O) groups excluding carboxylic acids is 1. The number of hydrogen-bond donors (Lipinski definition) is 0. The summed E-state index contributed by atoms with van der Waals surface area (Å²) in [6, 6.07) is 11.8. The standard InChI is InChI=1S/C22H23N3O3S/c1-14-7-8-19-20(15(14)2)23-22(29-19)25-11-9-24(10-12-25)21(26)18-13-27-16-5-3-4-6-17(16)28-18/h3-8,18H,9-13H2,1-2H3/t18-/m0/s1. The van der Waals surface area contributed by atoms with Crippen LogP contribution >= 0.6 is 11.3 Å². The van der Waals surface area contributed by atoms with Crippen molar-refractivity contribution in [1.82, 2.24) is 9.88 Å². The second-order valence-electron chi connectivity index (χ2n) is 7.53. The second kappa shape index (κ2) is 7.22. The summed E-state index contributed by atoms with van der Waals surface area (Å²) in [4.78, 5) is 21.9. The van der Waals surface area contributed by atoms with Crippen LogP contribution in [-0.4, -0.2) is 54.7 Å². The molecule has 150 valence electrons. The number of anilines is 1. The maximum atomic E-state index is 12.9. The molecule has 0 radical (unpaired) electrons. The smallest absolute Gasteiger partial charge is 0.267 e. The molecule has 3 heterocycles. The fraction of sp³-hybridized carbons (Fsp3) is 0.364. The summed E-state index contributed by atoms with van der Waals surface area (Å²) in [5.41, 5.74) is 3.60. The Morgan fingerprint density at radius 1 is 1.07 bits per heavy atom. The molecule has 0 N–H and O–H groups in total. The number of aryl methyl sites for hydroxylation is 2. The first kappa shape index (κ1) is 18.2. The van der Waals surface area contributed by atoms with Crippen LogP contribution in [0, 0.1) is 13.8 Å². The van der Waals surface area contributed by atoms with E-state index in [1.165, 1.54) is 15.8 Å². The molecule has 3 aromatic rings. The SMILES string of the molecule is Cc1ccc2sc(N3CCN(C(=O)[C@@H]4COc5ccccc5O4)CC3)nc2c1C. The summed E-state index contributed by atoms with van der Waals surface area (Å²) in [5, 5.41) is 1.03. The molecule has 0 spiro atoms. The molecule has 1 amide bonds. The van der Waals surface area contributed by atoms with E-state index >= 15 is 0 Å². The Balaban J connectivity index is 1.25. The van der Waals surface area contributed by atoms with Gasteiger partial charge in [0.1, 0.15) is 6.61 Å². The summed E-state index contributed by atoms with van der Waals surface area (Å²) < 4.78 is 12.8. The molecule has 0 unspecified atom stereocenters. The lowest BCUT2D eigenvalue weighted by molar-refractivity contribution is -0.141. The summed E-state index contributed by atoms with van der Waals surface area (Å²) in [6.07, 6.45) is -0.579. The van der Waals surface area contributed by atoms with Crippen molar-refractivity contribution in [2.24, 2.45) is 0 Å². The van der Waals surface area contributed by atoms with Crippen molar-refractivity contribution in [1.29, 1.82) is 0 Å². The Kier molecular flexibility index (Phi) is 4.54. The molecule has 1 aromatic heterocycles. The number of rotatable bonds is 2. The molecule has 6 nitrogen and oxygen atoms in total. The fourth-order valence-corrected chi connectivity index (χ4v) is 4.89. The lowest BCUT2D eigenvalue weighted by Crippen LogP contribution is -2.54. The first-order valence-electron chi connectivity index (χ1n) is 9.89. The Hall–Kier alpha value is -2.80. The maximum absolute atomic E-state index is 12.9. The van der Waals surface area contributed by atoms with E-state index in [4.69, 9.17) is 14.5 Å². The number of thiazole rings is 1. The fourth-order valence-electron chi connectivity index (χ4n) is 3.81. The van der Waals surface area contributed by atoms with Gasteiger partial charge in [-0.1, -0.05) is 29.5 Å². The lowest BCUT2D eigenvalue weighted by atomic mass is 10.1. The van der Waals surface area contributed by atoms with E-state index in [0.29, 0.717) is 24.6 Å². The minimum absolute atomic E-state index is 0.00470. The summed E-state index contributed by atoms with van der Waals surface area (Å²) >= 11 is 1.72. The molecular weight excluding hydrogens is 386 g/mol. The van der Waals surface area contributed by atoms with Crippen LogP contribution in [0.25, 0.3) is 10.2 Å². The van der Waals surface area contributed by atoms with Crippen LogP contribution in [0.15, 0.2) is 36.4 Å². The average Bonchev–Trinajstić information content (AvgIpc) is 3.21. The van der Waals surface area contributed by atoms with Gasteiger partial charge in [0.15, 0.2) is 16.6 Å². The number of amides is 1. The summed E-state index contributed by atoms with van der Waals surface area (Å²) in [6.45, 7) is 7.37. The van der Waals surface area contributed by atoms with Gasteiger partial charge in [-0.05, 0) is 43.2 Å². The van der Waals surface area contributed by atoms with Crippen LogP contribution in [0.2, 0.25) is 0 Å². The van der Waals surface area contributed by atoms with Gasteiger partial charge < -0.3 is 19.3 Å². The molecule has 0 saturated carbocycles. The van der Waals surface area contributed by atoms with Crippen LogP contribution in [0.1, 0.15) is 11.1 Å². The largest absolute Gasteiger partial charge is 0.485 e. The van der Waals surface area contributed by atoms with Crippen molar-refractivity contribution < 1.29 is 14.3 Å². The topological polar surface area (TPSA) is 54.9 Å². The van der Waals surface area contributed by atoms with Crippen molar-refractivity contribution in [2.45, 2.75) is 20.0 Å². The Bertz CT molecular complexity index is 1070. The second-order valence-corrected chi connectivity index (χ2v) is 8.54. The zero-order chi connectivity index (χ0) is 20.0. The first-order chi connectivity index (χ1) is 14.1. The number of hydrogen-bond acceptors (Lipinski definition) is 6. The number of fused-ring (bicyclic) bond motifs is 2. The number of aromatic nitrogens is 1. The third-order valence-electron chi connectivity index (χ3n) is 5.72. The van der Waals surface area contributed by atoms with Crippen LogP contribution in [-0.2, 0) is 4.79 Å². The molecule has 5 rings (SSSR count). The molecule has 7 heteroatoms. The molecular formula is C22H23N3O3S. The molecule has 1 atom stereocenters. The average molecular weight is 410 g/mol. The van der Waals surface area contributed by atoms with E-state index < -0.39 is 6.10 Å². The van der Waals surface area contributed by atoms with Crippen LogP contribution in [0.5, 0.6) is 11.5 Å². The molecule has 1 fully saturated rings. The number of benzene rings is 2. The highest BCUT2D eigenvalue weighted by Crippen LogP contribution is 2.33. The normalized spacial score (nSPS) is 18.9. The quantitative estimate of drug-likeness (QED) is 0.649. The zero-order valence-electron chi connectivity index (χ0n) is 16.6. The highest BCUT2D eigenvalue weighted by molar-refractivity contribution is 7.22. The van der Waals surface area contributed by atoms with Crippen molar-refractivity contribution in [3.63, 3.8) is 0 Å². The minimum atomic E-state index is -0.579. The predicted octanol–water partition coefficient (Wildman–Crippen LogP) is 3.40. The van der Waals surface area contributed by atoms with Crippen LogP contribution in [0.4, 0.5) is 5.13 Å². The predicted molar refractivity (Wildman–Crippen MR) is 114 cm³/mol. The van der Waals surface area contributed by atoms with Crippen LogP contribution in [0.3, 0.4) is 0 Å². The molecule has 0 bridgehead atoms. The van der Waals surface area contributed by atoms with E-state index in [1.807, 2.05) is 29.2 Å². The summed E-state index contributed by atoms with van der Waals surface area (Å²) in [5.74, 6) is 1.33. The molecule has 2 aliphatic heterocycles. The first-order valence-corrected chi connectivity index (χ1v) is 10.7. The lowest BCUT2D eigenvalue weighted by Gasteiger charge is -2.37. The Morgan fingerprint density at radius 2 is 1.83 bits per heavy atom. The van der Waals surface area contributed by atoms with Crippen molar-refractivity contribution >= 4 is 32.6 Å². The monoisotopic (exact) mass is 409 g/mol. The summed E-state index contributed by atoms with van der Waals surface area (Å²) in [7, 11) is 0. The van der Waals surface area contributed by atoms with Gasteiger partial charge in [0.2, 0.25) is 6.10 Å². The number of para-hydroxylation sites is 2. The number of piperazine rings is 1. The molecule has 2 aliphatic rings. The van der Waals surface area contributed by atoms with E-state index in [9.17, 15) is 4.79 Å². The molecule has 1 saturated heterocycles. The van der Waals surface area contributed by atoms with Gasteiger partial charge in [-0.15, -0.1) is 0 Å². The Labute approximate surface area is 173 Å². The third-order valence-corrected chi connectivity index (χ3v) is 6.80. The maximum Gasteiger partial charge on any atom is 0.267 e. The van der Waals surface area contributed by atoms with Gasteiger partial charge in [-0.25, -0.2) is 4.98 Å². The van der Waals surface area contributed by atoms with E-state index in [2.05, 4.69) is 30.9 Å². The van der Waals surface area contributed by atoms with E-state index in [-0.39, 0.29) is 12.5 Å². The highest BCUT2D eigenvalue weighted by Gasteiger charge is 2.33. The highest BCUT2D eigenvalue weighted by atomic mass is 32.1. The zero-order valence-corrected chi connectivity index (χ0v) is 17.4. The number of nitrogens with zero attached hydrogens (tertiary/aromatic N) is 3. The van der Waals surface area contributed by atoms with Gasteiger partial charge >= 0.3 is 0 Å². The van der Waals surface area contributed by atoms with Gasteiger partial charge in [0.05, 0.1) is 10.2 Å². The molecule has 0 aliphatic carbocycles. The van der Waals surface area contributed by atoms with Gasteiger partial charge in [-0.3, -0.25) is 4.79 Å². The van der Waals surface area contributed by atoms with E-state index in [1.54, 1.807) is 11.3 Å². The van der Waals surface area contributed by atoms with Crippen molar-refractivity contribution in [2.75, 3.05) is 37.7 Å². The minimum Gasteiger partial charge on any atom is -0.485 e. The van der Waals surface area contributed by atoms with Crippen molar-refractivity contribution in [3.05, 3.63) is 47.5 Å². The van der Waals surface area contributed by atoms with Crippen molar-refractivity contribution in [3.8, 4) is 11.5 Å². The number of carbonyl (C=O) groups is 1. The van der Waals surface area contributed by atoms with Crippen LogP contribution < -0.4 is 14.4 Å². The number of ether oxygens (including phenoxy) is 2. The molecule has 2 aromatic carbocycles. The molecule has 29 heavy (non-hydrogen) atoms. The third kappa shape index (κ3) is 3.29. The Morgan fingerprint density at radius 3 is 2.62 bits per heavy atom.